The van der Waals surface area contributed by atoms with E-state index in [9.17, 15) is 9.59 Å². The highest BCUT2D eigenvalue weighted by atomic mass is 16.2. The molecule has 0 heterocycles. The summed E-state index contributed by atoms with van der Waals surface area (Å²) in [6, 6.07) is 7.21. The fourth-order valence-electron chi connectivity index (χ4n) is 4.64. The zero-order valence-electron chi connectivity index (χ0n) is 23.8. The molecule has 0 radical (unpaired) electrons. The van der Waals surface area contributed by atoms with Gasteiger partial charge in [-0.05, 0) is 44.5 Å². The smallest absolute Gasteiger partial charge is 0.251 e. The summed E-state index contributed by atoms with van der Waals surface area (Å²) in [4.78, 5) is 24.2. The minimum atomic E-state index is -0.0861. The second-order valence-electron chi connectivity index (χ2n) is 10.9. The normalized spacial score (nSPS) is 11.1. The number of anilines is 1. The summed E-state index contributed by atoms with van der Waals surface area (Å²) in [6.07, 6.45) is 26.3. The van der Waals surface area contributed by atoms with Gasteiger partial charge in [-0.15, -0.1) is 0 Å². The molecule has 4 nitrogen and oxygen atoms in total. The summed E-state index contributed by atoms with van der Waals surface area (Å²) in [7, 11) is 0. The predicted octanol–water partition coefficient (Wildman–Crippen LogP) is 9.59. The van der Waals surface area contributed by atoms with E-state index in [1.165, 1.54) is 109 Å². The highest BCUT2D eigenvalue weighted by molar-refractivity contribution is 5.95. The van der Waals surface area contributed by atoms with Crippen LogP contribution in [0.15, 0.2) is 24.3 Å². The van der Waals surface area contributed by atoms with Crippen molar-refractivity contribution in [1.29, 1.82) is 0 Å². The minimum Gasteiger partial charge on any atom is -0.350 e. The second-order valence-corrected chi connectivity index (χ2v) is 10.9. The Hall–Kier alpha value is -1.84. The lowest BCUT2D eigenvalue weighted by atomic mass is 10.0. The molecule has 1 aromatic carbocycles. The van der Waals surface area contributed by atoms with Crippen LogP contribution in [-0.2, 0) is 4.79 Å². The molecule has 0 saturated heterocycles. The molecule has 0 unspecified atom stereocenters. The molecule has 2 amide bonds. The lowest BCUT2D eigenvalue weighted by Gasteiger charge is -2.09. The van der Waals surface area contributed by atoms with Crippen molar-refractivity contribution in [1.82, 2.24) is 5.32 Å². The molecule has 0 atom stereocenters. The van der Waals surface area contributed by atoms with Gasteiger partial charge < -0.3 is 10.6 Å². The lowest BCUT2D eigenvalue weighted by Crippen LogP contribution is -2.29. The monoisotopic (exact) mass is 500 g/mol. The first kappa shape index (κ1) is 32.2. The van der Waals surface area contributed by atoms with Crippen LogP contribution in [0.25, 0.3) is 0 Å². The van der Waals surface area contributed by atoms with Gasteiger partial charge in [0.2, 0.25) is 5.91 Å². The molecule has 2 N–H and O–H groups in total. The fraction of sp³-hybridized carbons (Fsp3) is 0.750. The Bertz CT molecular complexity index is 669. The number of benzene rings is 1. The van der Waals surface area contributed by atoms with Gasteiger partial charge in [-0.2, -0.15) is 0 Å². The van der Waals surface area contributed by atoms with Crippen molar-refractivity contribution in [2.75, 3.05) is 5.32 Å². The first-order valence-electron chi connectivity index (χ1n) is 15.2. The van der Waals surface area contributed by atoms with Gasteiger partial charge in [-0.25, -0.2) is 0 Å². The molecule has 4 heteroatoms. The molecule has 0 spiro atoms. The third kappa shape index (κ3) is 18.4. The highest BCUT2D eigenvalue weighted by Gasteiger charge is 2.07. The molecule has 0 bridgehead atoms. The molecular formula is C32H56N2O2. The summed E-state index contributed by atoms with van der Waals surface area (Å²) in [5, 5.41) is 5.81. The number of unbranched alkanes of at least 4 members (excludes halogenated alkanes) is 18. The van der Waals surface area contributed by atoms with E-state index in [2.05, 4.69) is 17.6 Å². The Morgan fingerprint density at radius 3 is 1.39 bits per heavy atom. The topological polar surface area (TPSA) is 58.2 Å². The average molecular weight is 501 g/mol. The van der Waals surface area contributed by atoms with Crippen LogP contribution in [0, 0.1) is 0 Å². The van der Waals surface area contributed by atoms with Crippen molar-refractivity contribution in [3.63, 3.8) is 0 Å². The third-order valence-corrected chi connectivity index (χ3v) is 6.86. The average Bonchev–Trinajstić information content (AvgIpc) is 2.85. The number of rotatable bonds is 23. The Morgan fingerprint density at radius 2 is 1.00 bits per heavy atom. The Kier molecular flexibility index (Phi) is 20.0. The van der Waals surface area contributed by atoms with Gasteiger partial charge in [-0.3, -0.25) is 9.59 Å². The Morgan fingerprint density at radius 1 is 0.611 bits per heavy atom. The maximum atomic E-state index is 12.2. The van der Waals surface area contributed by atoms with Crippen molar-refractivity contribution < 1.29 is 9.59 Å². The van der Waals surface area contributed by atoms with E-state index in [4.69, 9.17) is 0 Å². The number of hydrogen-bond donors (Lipinski definition) is 2. The number of carbonyl (C=O) groups is 2. The van der Waals surface area contributed by atoms with Gasteiger partial charge >= 0.3 is 0 Å². The van der Waals surface area contributed by atoms with E-state index in [1.54, 1.807) is 24.3 Å². The minimum absolute atomic E-state index is 0.0568. The third-order valence-electron chi connectivity index (χ3n) is 6.86. The number of nitrogens with one attached hydrogen (secondary N) is 2. The van der Waals surface area contributed by atoms with Crippen molar-refractivity contribution in [2.45, 2.75) is 155 Å². The summed E-state index contributed by atoms with van der Waals surface area (Å²) in [5.74, 6) is -0.0293. The van der Waals surface area contributed by atoms with E-state index >= 15 is 0 Å². The van der Waals surface area contributed by atoms with E-state index in [0.29, 0.717) is 12.0 Å². The molecular weight excluding hydrogens is 444 g/mol. The summed E-state index contributed by atoms with van der Waals surface area (Å²) >= 11 is 0. The zero-order chi connectivity index (χ0) is 26.3. The first-order chi connectivity index (χ1) is 17.5. The van der Waals surface area contributed by atoms with E-state index in [-0.39, 0.29) is 17.9 Å². The van der Waals surface area contributed by atoms with Crippen LogP contribution in [0.3, 0.4) is 0 Å². The molecule has 0 fully saturated rings. The Balaban J connectivity index is 1.87. The lowest BCUT2D eigenvalue weighted by molar-refractivity contribution is -0.116. The van der Waals surface area contributed by atoms with Crippen molar-refractivity contribution in [3.05, 3.63) is 29.8 Å². The van der Waals surface area contributed by atoms with Gasteiger partial charge in [0.05, 0.1) is 0 Å². The van der Waals surface area contributed by atoms with Crippen LogP contribution in [0.2, 0.25) is 0 Å². The molecule has 36 heavy (non-hydrogen) atoms. The van der Waals surface area contributed by atoms with E-state index in [0.717, 1.165) is 18.5 Å². The molecule has 1 aromatic rings. The molecule has 0 aromatic heterocycles. The quantitative estimate of drug-likeness (QED) is 0.147. The van der Waals surface area contributed by atoms with E-state index < -0.39 is 0 Å². The van der Waals surface area contributed by atoms with Crippen LogP contribution in [0.1, 0.15) is 160 Å². The largest absolute Gasteiger partial charge is 0.350 e. The standard InChI is InChI=1S/C32H56N2O2/c1-4-5-6-7-8-9-10-11-12-13-14-15-16-17-18-19-20-21-22-23-31(35)34-30-26-24-29(25-27-30)32(36)33-28(2)3/h24-28H,4-23H2,1-3H3,(H,33,36)(H,34,35). The number of hydrogen-bond acceptors (Lipinski definition) is 2. The second kappa shape index (κ2) is 22.4. The van der Waals surface area contributed by atoms with Gasteiger partial charge in [0, 0.05) is 23.7 Å². The fourth-order valence-corrected chi connectivity index (χ4v) is 4.64. The predicted molar refractivity (Wildman–Crippen MR) is 156 cm³/mol. The van der Waals surface area contributed by atoms with Crippen molar-refractivity contribution >= 4 is 17.5 Å². The maximum absolute atomic E-state index is 12.2. The summed E-state index contributed by atoms with van der Waals surface area (Å²) < 4.78 is 0. The van der Waals surface area contributed by atoms with Crippen molar-refractivity contribution in [3.8, 4) is 0 Å². The molecule has 206 valence electrons. The van der Waals surface area contributed by atoms with E-state index in [1.807, 2.05) is 13.8 Å². The van der Waals surface area contributed by atoms with Crippen LogP contribution in [-0.4, -0.2) is 17.9 Å². The van der Waals surface area contributed by atoms with Gasteiger partial charge in [-0.1, -0.05) is 122 Å². The SMILES string of the molecule is CCCCCCCCCCCCCCCCCCCCCC(=O)Nc1ccc(C(=O)NC(C)C)cc1. The highest BCUT2D eigenvalue weighted by Crippen LogP contribution is 2.15. The molecule has 0 aliphatic carbocycles. The maximum Gasteiger partial charge on any atom is 0.251 e. The zero-order valence-corrected chi connectivity index (χ0v) is 23.8. The molecule has 0 aliphatic heterocycles. The van der Waals surface area contributed by atoms with Crippen LogP contribution in [0.5, 0.6) is 0 Å². The van der Waals surface area contributed by atoms with Gasteiger partial charge in [0.25, 0.3) is 5.91 Å². The van der Waals surface area contributed by atoms with Crippen molar-refractivity contribution in [2.24, 2.45) is 0 Å². The van der Waals surface area contributed by atoms with Crippen LogP contribution >= 0.6 is 0 Å². The molecule has 0 aliphatic rings. The molecule has 0 saturated carbocycles. The molecule has 1 rings (SSSR count). The summed E-state index contributed by atoms with van der Waals surface area (Å²) in [5.41, 5.74) is 1.36. The van der Waals surface area contributed by atoms with Gasteiger partial charge in [0.15, 0.2) is 0 Å². The van der Waals surface area contributed by atoms with Crippen LogP contribution < -0.4 is 10.6 Å². The number of amides is 2. The van der Waals surface area contributed by atoms with Gasteiger partial charge in [0.1, 0.15) is 0 Å². The Labute approximate surface area is 222 Å². The first-order valence-corrected chi connectivity index (χ1v) is 15.2. The van der Waals surface area contributed by atoms with Crippen LogP contribution in [0.4, 0.5) is 5.69 Å². The summed E-state index contributed by atoms with van der Waals surface area (Å²) in [6.45, 7) is 6.16. The number of carbonyl (C=O) groups excluding carboxylic acids is 2.